The lowest BCUT2D eigenvalue weighted by Gasteiger charge is -2.20. The molecule has 0 aromatic heterocycles. The van der Waals surface area contributed by atoms with Crippen molar-refractivity contribution >= 4 is 5.91 Å². The van der Waals surface area contributed by atoms with E-state index in [4.69, 9.17) is 0 Å². The molecule has 0 aromatic rings. The van der Waals surface area contributed by atoms with Crippen molar-refractivity contribution in [2.24, 2.45) is 11.8 Å². The van der Waals surface area contributed by atoms with E-state index in [-0.39, 0.29) is 5.91 Å². The first-order chi connectivity index (χ1) is 6.97. The molecule has 0 aliphatic rings. The van der Waals surface area contributed by atoms with E-state index in [2.05, 4.69) is 45.3 Å². The molecule has 15 heavy (non-hydrogen) atoms. The van der Waals surface area contributed by atoms with Crippen LogP contribution in [0.1, 0.15) is 41.0 Å². The average molecular weight is 214 g/mol. The fourth-order valence-electron chi connectivity index (χ4n) is 1.46. The van der Waals surface area contributed by atoms with Crippen LogP contribution in [0.5, 0.6) is 0 Å². The van der Waals surface area contributed by atoms with Gasteiger partial charge in [0.15, 0.2) is 0 Å². The maximum absolute atomic E-state index is 11.4. The van der Waals surface area contributed by atoms with Crippen molar-refractivity contribution in [3.05, 3.63) is 0 Å². The van der Waals surface area contributed by atoms with E-state index >= 15 is 0 Å². The Morgan fingerprint density at radius 3 is 2.20 bits per heavy atom. The SMILES string of the molecule is CCC(NCC(=O)NCC(C)C)C(C)C. The number of hydrogen-bond acceptors (Lipinski definition) is 2. The summed E-state index contributed by atoms with van der Waals surface area (Å²) in [7, 11) is 0. The lowest BCUT2D eigenvalue weighted by atomic mass is 10.0. The van der Waals surface area contributed by atoms with Gasteiger partial charge in [0, 0.05) is 12.6 Å². The van der Waals surface area contributed by atoms with Crippen molar-refractivity contribution in [3.8, 4) is 0 Å². The third kappa shape index (κ3) is 7.37. The van der Waals surface area contributed by atoms with Crippen LogP contribution in [0.25, 0.3) is 0 Å². The summed E-state index contributed by atoms with van der Waals surface area (Å²) < 4.78 is 0. The van der Waals surface area contributed by atoms with E-state index in [1.165, 1.54) is 0 Å². The van der Waals surface area contributed by atoms with Crippen LogP contribution in [0.15, 0.2) is 0 Å². The van der Waals surface area contributed by atoms with Crippen molar-refractivity contribution in [3.63, 3.8) is 0 Å². The molecule has 0 saturated heterocycles. The van der Waals surface area contributed by atoms with E-state index in [0.29, 0.717) is 24.4 Å². The summed E-state index contributed by atoms with van der Waals surface area (Å²) in [5.74, 6) is 1.19. The Balaban J connectivity index is 3.69. The van der Waals surface area contributed by atoms with E-state index < -0.39 is 0 Å². The Hall–Kier alpha value is -0.570. The zero-order chi connectivity index (χ0) is 11.8. The van der Waals surface area contributed by atoms with Crippen LogP contribution < -0.4 is 10.6 Å². The van der Waals surface area contributed by atoms with Crippen LogP contribution in [0.4, 0.5) is 0 Å². The van der Waals surface area contributed by atoms with Gasteiger partial charge in [-0.15, -0.1) is 0 Å². The lowest BCUT2D eigenvalue weighted by molar-refractivity contribution is -0.120. The summed E-state index contributed by atoms with van der Waals surface area (Å²) in [6.07, 6.45) is 1.06. The normalized spacial score (nSPS) is 13.3. The number of rotatable bonds is 7. The molecule has 0 spiro atoms. The highest BCUT2D eigenvalue weighted by atomic mass is 16.1. The van der Waals surface area contributed by atoms with Gasteiger partial charge in [0.05, 0.1) is 6.54 Å². The molecule has 0 fully saturated rings. The van der Waals surface area contributed by atoms with Gasteiger partial charge in [-0.2, -0.15) is 0 Å². The number of nitrogens with one attached hydrogen (secondary N) is 2. The number of amides is 1. The van der Waals surface area contributed by atoms with Gasteiger partial charge in [-0.25, -0.2) is 0 Å². The van der Waals surface area contributed by atoms with Gasteiger partial charge in [0.25, 0.3) is 0 Å². The van der Waals surface area contributed by atoms with Gasteiger partial charge in [-0.1, -0.05) is 34.6 Å². The Bertz CT molecular complexity index is 178. The van der Waals surface area contributed by atoms with E-state index in [1.54, 1.807) is 0 Å². The Morgan fingerprint density at radius 1 is 1.20 bits per heavy atom. The highest BCUT2D eigenvalue weighted by Gasteiger charge is 2.11. The molecule has 0 radical (unpaired) electrons. The van der Waals surface area contributed by atoms with Gasteiger partial charge in [0.2, 0.25) is 5.91 Å². The quantitative estimate of drug-likeness (QED) is 0.678. The summed E-state index contributed by atoms with van der Waals surface area (Å²) in [5.41, 5.74) is 0. The summed E-state index contributed by atoms with van der Waals surface area (Å²) in [6, 6.07) is 0.440. The van der Waals surface area contributed by atoms with Gasteiger partial charge in [0.1, 0.15) is 0 Å². The molecular weight excluding hydrogens is 188 g/mol. The van der Waals surface area contributed by atoms with E-state index in [1.807, 2.05) is 0 Å². The van der Waals surface area contributed by atoms with Crippen molar-refractivity contribution in [1.29, 1.82) is 0 Å². The zero-order valence-electron chi connectivity index (χ0n) is 10.8. The molecule has 0 bridgehead atoms. The van der Waals surface area contributed by atoms with Crippen LogP contribution in [0.2, 0.25) is 0 Å². The first-order valence-corrected chi connectivity index (χ1v) is 5.97. The third-order valence-corrected chi connectivity index (χ3v) is 2.48. The number of carbonyl (C=O) groups is 1. The Labute approximate surface area is 94.0 Å². The molecule has 0 aromatic carbocycles. The molecule has 0 aliphatic heterocycles. The predicted molar refractivity (Wildman–Crippen MR) is 64.8 cm³/mol. The molecule has 1 atom stereocenters. The minimum Gasteiger partial charge on any atom is -0.355 e. The zero-order valence-corrected chi connectivity index (χ0v) is 10.8. The molecular formula is C12H26N2O. The van der Waals surface area contributed by atoms with Gasteiger partial charge in [-0.05, 0) is 18.3 Å². The summed E-state index contributed by atoms with van der Waals surface area (Å²) in [5, 5.41) is 6.18. The fraction of sp³-hybridized carbons (Fsp3) is 0.917. The topological polar surface area (TPSA) is 41.1 Å². The minimum absolute atomic E-state index is 0.0998. The summed E-state index contributed by atoms with van der Waals surface area (Å²) in [4.78, 5) is 11.4. The fourth-order valence-corrected chi connectivity index (χ4v) is 1.46. The Morgan fingerprint density at radius 2 is 1.80 bits per heavy atom. The first-order valence-electron chi connectivity index (χ1n) is 5.97. The van der Waals surface area contributed by atoms with Crippen LogP contribution in [0.3, 0.4) is 0 Å². The lowest BCUT2D eigenvalue weighted by Crippen LogP contribution is -2.42. The van der Waals surface area contributed by atoms with Crippen molar-refractivity contribution in [2.45, 2.75) is 47.1 Å². The van der Waals surface area contributed by atoms with Crippen LogP contribution >= 0.6 is 0 Å². The molecule has 1 unspecified atom stereocenters. The molecule has 0 rings (SSSR count). The second kappa shape index (κ2) is 7.69. The largest absolute Gasteiger partial charge is 0.355 e. The molecule has 3 nitrogen and oxygen atoms in total. The second-order valence-corrected chi connectivity index (χ2v) is 4.84. The smallest absolute Gasteiger partial charge is 0.233 e. The molecule has 1 amide bonds. The Kier molecular flexibility index (Phi) is 7.39. The summed E-state index contributed by atoms with van der Waals surface area (Å²) in [6.45, 7) is 11.9. The summed E-state index contributed by atoms with van der Waals surface area (Å²) >= 11 is 0. The molecule has 90 valence electrons. The molecule has 2 N–H and O–H groups in total. The first kappa shape index (κ1) is 14.4. The molecule has 0 heterocycles. The molecule has 0 saturated carbocycles. The van der Waals surface area contributed by atoms with Crippen molar-refractivity contribution < 1.29 is 4.79 Å². The van der Waals surface area contributed by atoms with E-state index in [0.717, 1.165) is 13.0 Å². The highest BCUT2D eigenvalue weighted by molar-refractivity contribution is 5.77. The van der Waals surface area contributed by atoms with Gasteiger partial charge in [-0.3, -0.25) is 4.79 Å². The third-order valence-electron chi connectivity index (χ3n) is 2.48. The molecule has 0 aliphatic carbocycles. The van der Waals surface area contributed by atoms with Crippen LogP contribution in [0, 0.1) is 11.8 Å². The van der Waals surface area contributed by atoms with Crippen molar-refractivity contribution in [2.75, 3.05) is 13.1 Å². The van der Waals surface area contributed by atoms with Crippen LogP contribution in [-0.4, -0.2) is 25.0 Å². The van der Waals surface area contributed by atoms with E-state index in [9.17, 15) is 4.79 Å². The standard InChI is InChI=1S/C12H26N2O/c1-6-11(10(4)5)13-8-12(15)14-7-9(2)3/h9-11,13H,6-8H2,1-5H3,(H,14,15). The van der Waals surface area contributed by atoms with Gasteiger partial charge < -0.3 is 10.6 Å². The highest BCUT2D eigenvalue weighted by Crippen LogP contribution is 2.04. The predicted octanol–water partition coefficient (Wildman–Crippen LogP) is 1.78. The average Bonchev–Trinajstić information content (AvgIpc) is 2.15. The van der Waals surface area contributed by atoms with Gasteiger partial charge >= 0.3 is 0 Å². The maximum Gasteiger partial charge on any atom is 0.233 e. The monoisotopic (exact) mass is 214 g/mol. The molecule has 3 heteroatoms. The number of hydrogen-bond donors (Lipinski definition) is 2. The van der Waals surface area contributed by atoms with Crippen molar-refractivity contribution in [1.82, 2.24) is 10.6 Å². The second-order valence-electron chi connectivity index (χ2n) is 4.84. The minimum atomic E-state index is 0.0998. The van der Waals surface area contributed by atoms with Crippen LogP contribution in [-0.2, 0) is 4.79 Å². The number of carbonyl (C=O) groups excluding carboxylic acids is 1. The maximum atomic E-state index is 11.4.